The maximum Gasteiger partial charge on any atom is 0.406 e. The molecule has 1 saturated carbocycles. The molecule has 1 unspecified atom stereocenters. The van der Waals surface area contributed by atoms with Crippen molar-refractivity contribution in [2.24, 2.45) is 11.3 Å². The maximum absolute atomic E-state index is 14.3. The summed E-state index contributed by atoms with van der Waals surface area (Å²) >= 11 is 0.972. The van der Waals surface area contributed by atoms with Gasteiger partial charge in [0.1, 0.15) is 31.0 Å². The van der Waals surface area contributed by atoms with Gasteiger partial charge in [0.15, 0.2) is 11.3 Å². The summed E-state index contributed by atoms with van der Waals surface area (Å²) in [4.78, 5) is 49.7. The maximum atomic E-state index is 14.3. The second-order valence-electron chi connectivity index (χ2n) is 9.67. The van der Waals surface area contributed by atoms with Gasteiger partial charge in [0.25, 0.3) is 5.56 Å². The summed E-state index contributed by atoms with van der Waals surface area (Å²) in [6.07, 6.45) is -4.64. The van der Waals surface area contributed by atoms with Crippen LogP contribution in [0.25, 0.3) is 0 Å². The average molecular weight is 582 g/mol. The van der Waals surface area contributed by atoms with Crippen LogP contribution in [0.2, 0.25) is 0 Å². The van der Waals surface area contributed by atoms with Gasteiger partial charge < -0.3 is 14.6 Å². The zero-order chi connectivity index (χ0) is 28.4. The number of hydrogen-bond donors (Lipinski definition) is 3. The number of hydrogen-bond acceptors (Lipinski definition) is 11. The van der Waals surface area contributed by atoms with Gasteiger partial charge in [0, 0.05) is 23.9 Å². The van der Waals surface area contributed by atoms with E-state index in [0.29, 0.717) is 0 Å². The first-order valence-electron chi connectivity index (χ1n) is 12.0. The fraction of sp³-hybridized carbons (Fsp3) is 0.727. The number of aromatic nitrogens is 2. The number of fused-ring (bicyclic) bond motifs is 1. The Hall–Kier alpha value is -1.87. The van der Waals surface area contributed by atoms with E-state index in [4.69, 9.17) is 18.5 Å². The molecule has 7 atom stereocenters. The van der Waals surface area contributed by atoms with Crippen LogP contribution in [-0.4, -0.2) is 75.2 Å². The first-order chi connectivity index (χ1) is 17.8. The molecule has 1 saturated heterocycles. The van der Waals surface area contributed by atoms with Crippen LogP contribution >= 0.6 is 19.5 Å². The van der Waals surface area contributed by atoms with Gasteiger partial charge in [-0.2, -0.15) is 0 Å². The predicted molar refractivity (Wildman–Crippen MR) is 134 cm³/mol. The Morgan fingerprint density at radius 2 is 2.00 bits per heavy atom. The van der Waals surface area contributed by atoms with Crippen molar-refractivity contribution in [2.75, 3.05) is 19.0 Å². The second kappa shape index (κ2) is 12.1. The monoisotopic (exact) mass is 581 g/mol. The molecule has 1 aliphatic carbocycles. The minimum absolute atomic E-state index is 0.0978. The molecule has 2 fully saturated rings. The Bertz CT molecular complexity index is 1190. The molecule has 2 heterocycles. The lowest BCUT2D eigenvalue weighted by atomic mass is 10.0. The molecular formula is C22H33FN3O10PS. The number of carbonyl (C=O) groups is 2. The number of aliphatic hydroxyl groups excluding tert-OH is 1. The Kier molecular flexibility index (Phi) is 9.77. The molecule has 0 aromatic carbocycles. The molecule has 3 N–H and O–H groups in total. The largest absolute Gasteiger partial charge is 0.462 e. The van der Waals surface area contributed by atoms with E-state index in [2.05, 4.69) is 5.09 Å². The highest BCUT2D eigenvalue weighted by atomic mass is 32.2. The quantitative estimate of drug-likeness (QED) is 0.172. The fourth-order valence-electron chi connectivity index (χ4n) is 3.98. The molecule has 2 aliphatic rings. The number of aliphatic hydroxyl groups is 1. The number of alkyl halides is 1. The fourth-order valence-corrected chi connectivity index (χ4v) is 6.52. The van der Waals surface area contributed by atoms with Crippen molar-refractivity contribution in [1.29, 1.82) is 0 Å². The Morgan fingerprint density at radius 1 is 1.32 bits per heavy atom. The van der Waals surface area contributed by atoms with Gasteiger partial charge in [-0.25, -0.2) is 14.4 Å². The summed E-state index contributed by atoms with van der Waals surface area (Å²) in [5, 5.41) is 13.3. The molecule has 1 aliphatic heterocycles. The molecule has 38 heavy (non-hydrogen) atoms. The van der Waals surface area contributed by atoms with Gasteiger partial charge in [0.05, 0.1) is 18.1 Å². The normalized spacial score (nSPS) is 28.7. The van der Waals surface area contributed by atoms with Crippen molar-refractivity contribution in [1.82, 2.24) is 14.6 Å². The number of nitrogens with one attached hydrogen (secondary N) is 2. The molecule has 0 bridgehead atoms. The van der Waals surface area contributed by atoms with E-state index < -0.39 is 73.7 Å². The van der Waals surface area contributed by atoms with Crippen LogP contribution < -0.4 is 16.3 Å². The zero-order valence-corrected chi connectivity index (χ0v) is 23.3. The van der Waals surface area contributed by atoms with E-state index in [0.717, 1.165) is 28.6 Å². The molecule has 0 radical (unpaired) electrons. The Balaban J connectivity index is 1.75. The standard InChI is InChI=1S/C22H33FN3O10PS/c1-11(2)20(30)38-9-8-33-37(32,25-13(5)19(29)34-12(3)4)36-17-16-22(17,10-23)15(28)18(35-16)26-7-6-14(27)24-21(26)31/h6-7,11-13,15-18,28H,8-10H2,1-5H3,(H,25,32)(H,24,27,31)/t13-,15-,16+,17?,18+,22+,37+/m0/s1. The van der Waals surface area contributed by atoms with Crippen LogP contribution in [-0.2, 0) is 32.7 Å². The van der Waals surface area contributed by atoms with Crippen LogP contribution in [0, 0.1) is 11.3 Å². The van der Waals surface area contributed by atoms with Gasteiger partial charge in [0.2, 0.25) is 0 Å². The lowest BCUT2D eigenvalue weighted by molar-refractivity contribution is -0.149. The van der Waals surface area contributed by atoms with Gasteiger partial charge in [-0.05, 0) is 20.8 Å². The lowest BCUT2D eigenvalue weighted by Gasteiger charge is -2.28. The first kappa shape index (κ1) is 30.7. The van der Waals surface area contributed by atoms with Gasteiger partial charge in [-0.15, -0.1) is 0 Å². The lowest BCUT2D eigenvalue weighted by Crippen LogP contribution is -2.41. The predicted octanol–water partition coefficient (Wildman–Crippen LogP) is 1.12. The van der Waals surface area contributed by atoms with Crippen LogP contribution in [0.1, 0.15) is 40.8 Å². The Morgan fingerprint density at radius 3 is 2.55 bits per heavy atom. The minimum Gasteiger partial charge on any atom is -0.462 e. The van der Waals surface area contributed by atoms with E-state index in [9.17, 15) is 33.2 Å². The molecule has 1 aromatic heterocycles. The van der Waals surface area contributed by atoms with Crippen molar-refractivity contribution < 1.29 is 42.2 Å². The number of nitrogens with zero attached hydrogens (tertiary/aromatic N) is 1. The molecule has 3 rings (SSSR count). The minimum atomic E-state index is -4.34. The van der Waals surface area contributed by atoms with E-state index in [1.54, 1.807) is 27.7 Å². The number of halogens is 1. The summed E-state index contributed by atoms with van der Waals surface area (Å²) in [7, 11) is -4.34. The summed E-state index contributed by atoms with van der Waals surface area (Å²) in [6.45, 7) is 6.76. The van der Waals surface area contributed by atoms with Crippen LogP contribution in [0.3, 0.4) is 0 Å². The highest BCUT2D eigenvalue weighted by Gasteiger charge is 2.79. The van der Waals surface area contributed by atoms with Crippen molar-refractivity contribution in [3.63, 3.8) is 0 Å². The van der Waals surface area contributed by atoms with Crippen molar-refractivity contribution in [2.45, 2.75) is 71.3 Å². The highest BCUT2D eigenvalue weighted by Crippen LogP contribution is 2.66. The first-order valence-corrected chi connectivity index (χ1v) is 14.6. The number of aromatic amines is 1. The third kappa shape index (κ3) is 6.46. The van der Waals surface area contributed by atoms with E-state index in [-0.39, 0.29) is 23.4 Å². The summed E-state index contributed by atoms with van der Waals surface area (Å²) in [6, 6.07) is -0.102. The summed E-state index contributed by atoms with van der Waals surface area (Å²) < 4.78 is 50.8. The summed E-state index contributed by atoms with van der Waals surface area (Å²) in [5.41, 5.74) is -3.20. The molecule has 13 nitrogen and oxygen atoms in total. The number of esters is 1. The van der Waals surface area contributed by atoms with Crippen molar-refractivity contribution >= 4 is 30.6 Å². The van der Waals surface area contributed by atoms with E-state index in [1.165, 1.54) is 6.92 Å². The molecule has 214 valence electrons. The topological polar surface area (TPSA) is 175 Å². The molecule has 16 heteroatoms. The smallest absolute Gasteiger partial charge is 0.406 e. The van der Waals surface area contributed by atoms with Crippen molar-refractivity contribution in [3.8, 4) is 0 Å². The zero-order valence-electron chi connectivity index (χ0n) is 21.6. The SMILES string of the molecule is CC(C)OC(=O)[C@H](C)N[P@@](=O)(OCCSC(=O)C(C)C)OC1[C@H]2O[C@@H](n3ccc(=O)[nH]c3=O)[C@H](O)[C@@]12CF. The van der Waals surface area contributed by atoms with Crippen LogP contribution in [0.15, 0.2) is 21.9 Å². The Labute approximate surface area is 222 Å². The van der Waals surface area contributed by atoms with Crippen LogP contribution in [0.4, 0.5) is 4.39 Å². The van der Waals surface area contributed by atoms with Gasteiger partial charge in [-0.1, -0.05) is 25.6 Å². The van der Waals surface area contributed by atoms with E-state index in [1.807, 2.05) is 4.98 Å². The average Bonchev–Trinajstić information content (AvgIpc) is 3.32. The van der Waals surface area contributed by atoms with Gasteiger partial charge in [-0.3, -0.25) is 37.4 Å². The second-order valence-corrected chi connectivity index (χ2v) is 12.5. The van der Waals surface area contributed by atoms with Crippen molar-refractivity contribution in [3.05, 3.63) is 33.1 Å². The van der Waals surface area contributed by atoms with Gasteiger partial charge >= 0.3 is 19.4 Å². The number of thioether (sulfide) groups is 1. The third-order valence-electron chi connectivity index (χ3n) is 6.06. The number of carbonyl (C=O) groups excluding carboxylic acids is 2. The molecule has 1 aromatic rings. The number of ether oxygens (including phenoxy) is 2. The molecule has 0 amide bonds. The number of rotatable bonds is 13. The molecular weight excluding hydrogens is 548 g/mol. The summed E-state index contributed by atoms with van der Waals surface area (Å²) in [5.74, 6) is -0.819. The highest BCUT2D eigenvalue weighted by molar-refractivity contribution is 8.13. The number of H-pyrrole nitrogens is 1. The van der Waals surface area contributed by atoms with Crippen LogP contribution in [0.5, 0.6) is 0 Å². The molecule has 0 spiro atoms. The van der Waals surface area contributed by atoms with E-state index >= 15 is 0 Å². The third-order valence-corrected chi connectivity index (χ3v) is 8.92.